The van der Waals surface area contributed by atoms with Crippen LogP contribution in [0.2, 0.25) is 0 Å². The van der Waals surface area contributed by atoms with Crippen LogP contribution in [-0.4, -0.2) is 9.97 Å². The lowest BCUT2D eigenvalue weighted by Gasteiger charge is -2.20. The molecule has 0 aliphatic heterocycles. The van der Waals surface area contributed by atoms with Crippen molar-refractivity contribution in [1.82, 2.24) is 15.3 Å². The van der Waals surface area contributed by atoms with Gasteiger partial charge >= 0.3 is 0 Å². The summed E-state index contributed by atoms with van der Waals surface area (Å²) in [7, 11) is 0. The fraction of sp³-hybridized carbons (Fsp3) is 0.143. The van der Waals surface area contributed by atoms with Gasteiger partial charge in [0.25, 0.3) is 0 Å². The fourth-order valence-corrected chi connectivity index (χ4v) is 5.90. The van der Waals surface area contributed by atoms with Crippen molar-refractivity contribution in [3.05, 3.63) is 153 Å². The first-order valence-corrected chi connectivity index (χ1v) is 14.2. The Balaban J connectivity index is 1.46. The predicted molar refractivity (Wildman–Crippen MR) is 163 cm³/mol. The third-order valence-corrected chi connectivity index (χ3v) is 8.04. The molecule has 3 aromatic heterocycles. The summed E-state index contributed by atoms with van der Waals surface area (Å²) < 4.78 is 0. The van der Waals surface area contributed by atoms with E-state index in [1.165, 1.54) is 49.2 Å². The van der Waals surface area contributed by atoms with Crippen molar-refractivity contribution < 1.29 is 0 Å². The van der Waals surface area contributed by atoms with Gasteiger partial charge in [0.2, 0.25) is 0 Å². The highest BCUT2D eigenvalue weighted by molar-refractivity contribution is 7.09. The molecule has 0 radical (unpaired) electrons. The van der Waals surface area contributed by atoms with E-state index in [0.29, 0.717) is 0 Å². The summed E-state index contributed by atoms with van der Waals surface area (Å²) in [5, 5.41) is 6.86. The van der Waals surface area contributed by atoms with Gasteiger partial charge in [0.15, 0.2) is 0 Å². The zero-order valence-corrected chi connectivity index (χ0v) is 23.1. The standard InChI is InChI=1S/C35H31N3S/c1-24-10-12-26(13-11-24)35(29-8-4-16-36-21-29)28-14-15-34-33(19-28)32(27-7-3-6-25(2)18-27)20-30(38-34)22-37-23-31-9-5-17-39-31/h3-21,35,37H,22-23H2,1-2H3. The summed E-state index contributed by atoms with van der Waals surface area (Å²) in [5.74, 6) is 0.0844. The van der Waals surface area contributed by atoms with Crippen LogP contribution in [0.4, 0.5) is 0 Å². The molecule has 1 N–H and O–H groups in total. The normalized spacial score (nSPS) is 12.1. The quantitative estimate of drug-likeness (QED) is 0.217. The minimum absolute atomic E-state index is 0.0844. The Morgan fingerprint density at radius 1 is 0.744 bits per heavy atom. The summed E-state index contributed by atoms with van der Waals surface area (Å²) in [6, 6.07) is 35.1. The van der Waals surface area contributed by atoms with Crippen LogP contribution in [-0.2, 0) is 13.1 Å². The third-order valence-electron chi connectivity index (χ3n) is 7.16. The minimum Gasteiger partial charge on any atom is -0.306 e. The Bertz CT molecular complexity index is 1690. The summed E-state index contributed by atoms with van der Waals surface area (Å²) in [4.78, 5) is 10.9. The average molecular weight is 526 g/mol. The molecular formula is C35H31N3S. The van der Waals surface area contributed by atoms with Gasteiger partial charge in [-0.15, -0.1) is 11.3 Å². The monoisotopic (exact) mass is 525 g/mol. The summed E-state index contributed by atoms with van der Waals surface area (Å²) in [6.45, 7) is 5.85. The van der Waals surface area contributed by atoms with E-state index in [9.17, 15) is 0 Å². The lowest BCUT2D eigenvalue weighted by atomic mass is 9.84. The Morgan fingerprint density at radius 2 is 1.62 bits per heavy atom. The van der Waals surface area contributed by atoms with Crippen molar-refractivity contribution in [1.29, 1.82) is 0 Å². The topological polar surface area (TPSA) is 37.8 Å². The van der Waals surface area contributed by atoms with E-state index in [2.05, 4.69) is 121 Å². The third kappa shape index (κ3) is 5.68. The Labute approximate surface area is 234 Å². The second-order valence-electron chi connectivity index (χ2n) is 10.1. The van der Waals surface area contributed by atoms with Gasteiger partial charge in [-0.3, -0.25) is 9.97 Å². The van der Waals surface area contributed by atoms with Crippen LogP contribution in [0.15, 0.2) is 115 Å². The van der Waals surface area contributed by atoms with Gasteiger partial charge in [-0.1, -0.05) is 77.9 Å². The lowest BCUT2D eigenvalue weighted by molar-refractivity contribution is 0.689. The first kappa shape index (κ1) is 25.2. The van der Waals surface area contributed by atoms with Crippen molar-refractivity contribution in [2.75, 3.05) is 0 Å². The molecule has 0 amide bonds. The van der Waals surface area contributed by atoms with Crippen molar-refractivity contribution in [2.45, 2.75) is 32.9 Å². The highest BCUT2D eigenvalue weighted by Gasteiger charge is 2.19. The maximum absolute atomic E-state index is 5.09. The molecule has 192 valence electrons. The number of rotatable bonds is 8. The number of benzene rings is 3. The van der Waals surface area contributed by atoms with E-state index in [1.54, 1.807) is 11.3 Å². The molecule has 6 aromatic rings. The number of fused-ring (bicyclic) bond motifs is 1. The lowest BCUT2D eigenvalue weighted by Crippen LogP contribution is -2.13. The fourth-order valence-electron chi connectivity index (χ4n) is 5.23. The molecule has 0 saturated carbocycles. The van der Waals surface area contributed by atoms with Crippen LogP contribution in [0.1, 0.15) is 44.3 Å². The van der Waals surface area contributed by atoms with E-state index in [4.69, 9.17) is 4.98 Å². The largest absolute Gasteiger partial charge is 0.306 e. The number of hydrogen-bond donors (Lipinski definition) is 1. The van der Waals surface area contributed by atoms with Crippen LogP contribution >= 0.6 is 11.3 Å². The Hall–Kier alpha value is -4.12. The van der Waals surface area contributed by atoms with E-state index >= 15 is 0 Å². The van der Waals surface area contributed by atoms with Crippen LogP contribution in [0.3, 0.4) is 0 Å². The summed E-state index contributed by atoms with van der Waals surface area (Å²) >= 11 is 1.78. The van der Waals surface area contributed by atoms with Crippen LogP contribution < -0.4 is 5.32 Å². The highest BCUT2D eigenvalue weighted by atomic mass is 32.1. The molecule has 0 spiro atoms. The molecule has 3 nitrogen and oxygen atoms in total. The molecule has 1 atom stereocenters. The molecule has 0 saturated heterocycles. The molecule has 0 fully saturated rings. The van der Waals surface area contributed by atoms with Crippen molar-refractivity contribution in [2.24, 2.45) is 0 Å². The molecule has 4 heteroatoms. The number of aryl methyl sites for hydroxylation is 2. The van der Waals surface area contributed by atoms with Gasteiger partial charge < -0.3 is 5.32 Å². The number of nitrogens with zero attached hydrogens (tertiary/aromatic N) is 2. The molecule has 0 aliphatic rings. The van der Waals surface area contributed by atoms with Crippen LogP contribution in [0.5, 0.6) is 0 Å². The minimum atomic E-state index is 0.0844. The smallest absolute Gasteiger partial charge is 0.0712 e. The predicted octanol–water partition coefficient (Wildman–Crippen LogP) is 8.45. The molecule has 3 aromatic carbocycles. The van der Waals surface area contributed by atoms with Gasteiger partial charge in [0.05, 0.1) is 11.2 Å². The first-order valence-electron chi connectivity index (χ1n) is 13.3. The molecule has 0 bridgehead atoms. The number of hydrogen-bond acceptors (Lipinski definition) is 4. The number of nitrogens with one attached hydrogen (secondary N) is 1. The molecule has 1 unspecified atom stereocenters. The number of aromatic nitrogens is 2. The van der Waals surface area contributed by atoms with E-state index in [1.807, 2.05) is 18.5 Å². The van der Waals surface area contributed by atoms with Gasteiger partial charge in [0, 0.05) is 41.7 Å². The van der Waals surface area contributed by atoms with Gasteiger partial charge in [-0.25, -0.2) is 0 Å². The Morgan fingerprint density at radius 3 is 2.38 bits per heavy atom. The maximum Gasteiger partial charge on any atom is 0.0712 e. The highest BCUT2D eigenvalue weighted by Crippen LogP contribution is 2.36. The van der Waals surface area contributed by atoms with E-state index in [-0.39, 0.29) is 5.92 Å². The molecular weight excluding hydrogens is 494 g/mol. The SMILES string of the molecule is Cc1ccc(C(c2cccnc2)c2ccc3nc(CNCc4cccs4)cc(-c4cccc(C)c4)c3c2)cc1. The van der Waals surface area contributed by atoms with Gasteiger partial charge in [0.1, 0.15) is 0 Å². The van der Waals surface area contributed by atoms with Crippen molar-refractivity contribution in [3.63, 3.8) is 0 Å². The molecule has 0 aliphatic carbocycles. The van der Waals surface area contributed by atoms with Crippen LogP contribution in [0, 0.1) is 13.8 Å². The summed E-state index contributed by atoms with van der Waals surface area (Å²) in [5.41, 5.74) is 10.7. The average Bonchev–Trinajstić information content (AvgIpc) is 3.48. The number of pyridine rings is 2. The maximum atomic E-state index is 5.09. The second kappa shape index (κ2) is 11.3. The van der Waals surface area contributed by atoms with Crippen molar-refractivity contribution in [3.8, 4) is 11.1 Å². The Kier molecular flexibility index (Phi) is 7.31. The van der Waals surface area contributed by atoms with E-state index in [0.717, 1.165) is 24.3 Å². The molecule has 39 heavy (non-hydrogen) atoms. The molecule has 3 heterocycles. The first-order chi connectivity index (χ1) is 19.1. The zero-order chi connectivity index (χ0) is 26.6. The van der Waals surface area contributed by atoms with Gasteiger partial charge in [-0.05, 0) is 77.4 Å². The zero-order valence-electron chi connectivity index (χ0n) is 22.3. The van der Waals surface area contributed by atoms with E-state index < -0.39 is 0 Å². The summed E-state index contributed by atoms with van der Waals surface area (Å²) in [6.07, 6.45) is 3.82. The second-order valence-corrected chi connectivity index (χ2v) is 11.2. The number of thiophene rings is 1. The van der Waals surface area contributed by atoms with Crippen LogP contribution in [0.25, 0.3) is 22.0 Å². The van der Waals surface area contributed by atoms with Crippen molar-refractivity contribution >= 4 is 22.2 Å². The van der Waals surface area contributed by atoms with Gasteiger partial charge in [-0.2, -0.15) is 0 Å². The molecule has 6 rings (SSSR count).